The van der Waals surface area contributed by atoms with Crippen LogP contribution in [0.5, 0.6) is 0 Å². The summed E-state index contributed by atoms with van der Waals surface area (Å²) in [7, 11) is 0. The van der Waals surface area contributed by atoms with E-state index in [2.05, 4.69) is 15.4 Å². The lowest BCUT2D eigenvalue weighted by Crippen LogP contribution is -2.15. The summed E-state index contributed by atoms with van der Waals surface area (Å²) in [6, 6.07) is 7.10. The molecule has 2 aromatic heterocycles. The number of hydrogen-bond acceptors (Lipinski definition) is 4. The quantitative estimate of drug-likeness (QED) is 0.913. The van der Waals surface area contributed by atoms with E-state index in [1.165, 1.54) is 0 Å². The van der Waals surface area contributed by atoms with Gasteiger partial charge in [0.25, 0.3) is 5.91 Å². The molecule has 1 aliphatic heterocycles. The molecule has 0 unspecified atom stereocenters. The number of amides is 1. The van der Waals surface area contributed by atoms with Gasteiger partial charge in [0.05, 0.1) is 11.3 Å². The molecule has 1 aliphatic rings. The van der Waals surface area contributed by atoms with Gasteiger partial charge in [-0.2, -0.15) is 10.4 Å². The largest absolute Gasteiger partial charge is 0.304 e. The van der Waals surface area contributed by atoms with Crippen LogP contribution in [-0.4, -0.2) is 20.7 Å². The van der Waals surface area contributed by atoms with Crippen molar-refractivity contribution >= 4 is 11.7 Å². The summed E-state index contributed by atoms with van der Waals surface area (Å²) in [6.07, 6.45) is 3.28. The molecule has 3 rings (SSSR count). The molecule has 106 valence electrons. The van der Waals surface area contributed by atoms with Crippen LogP contribution in [0.2, 0.25) is 0 Å². The summed E-state index contributed by atoms with van der Waals surface area (Å²) in [6.45, 7) is 2.62. The second kappa shape index (κ2) is 5.37. The highest BCUT2D eigenvalue weighted by Gasteiger charge is 2.15. The Morgan fingerprint density at radius 1 is 1.43 bits per heavy atom. The van der Waals surface area contributed by atoms with E-state index in [1.807, 2.05) is 16.8 Å². The minimum Gasteiger partial charge on any atom is -0.304 e. The van der Waals surface area contributed by atoms with Gasteiger partial charge in [0.1, 0.15) is 11.8 Å². The van der Waals surface area contributed by atoms with Gasteiger partial charge >= 0.3 is 0 Å². The summed E-state index contributed by atoms with van der Waals surface area (Å²) < 4.78 is 1.94. The number of fused-ring (bicyclic) bond motifs is 1. The maximum atomic E-state index is 12.2. The van der Waals surface area contributed by atoms with E-state index in [0.717, 1.165) is 31.5 Å². The first-order chi connectivity index (χ1) is 10.2. The van der Waals surface area contributed by atoms with Crippen molar-refractivity contribution in [1.82, 2.24) is 14.8 Å². The first-order valence-corrected chi connectivity index (χ1v) is 6.93. The third-order valence-electron chi connectivity index (χ3n) is 3.60. The average Bonchev–Trinajstić information content (AvgIpc) is 2.89. The maximum absolute atomic E-state index is 12.2. The summed E-state index contributed by atoms with van der Waals surface area (Å²) in [5.74, 6) is 0.249. The number of carbonyl (C=O) groups is 1. The van der Waals surface area contributed by atoms with Gasteiger partial charge in [-0.05, 0) is 38.3 Å². The minimum atomic E-state index is -0.307. The van der Waals surface area contributed by atoms with Crippen molar-refractivity contribution in [3.8, 4) is 6.07 Å². The van der Waals surface area contributed by atoms with E-state index in [4.69, 9.17) is 5.26 Å². The molecule has 0 spiro atoms. The van der Waals surface area contributed by atoms with E-state index >= 15 is 0 Å². The zero-order valence-electron chi connectivity index (χ0n) is 11.8. The van der Waals surface area contributed by atoms with Gasteiger partial charge in [0.15, 0.2) is 5.82 Å². The summed E-state index contributed by atoms with van der Waals surface area (Å²) in [5.41, 5.74) is 2.47. The molecule has 0 radical (unpaired) electrons. The molecular weight excluding hydrogens is 266 g/mol. The SMILES string of the molecule is Cc1nc(C(=O)Nc2cc3n(n2)CCCC3)ccc1C#N. The van der Waals surface area contributed by atoms with Gasteiger partial charge in [-0.1, -0.05) is 0 Å². The summed E-state index contributed by atoms with van der Waals surface area (Å²) in [5, 5.41) is 16.0. The zero-order chi connectivity index (χ0) is 14.8. The molecule has 0 atom stereocenters. The highest BCUT2D eigenvalue weighted by Crippen LogP contribution is 2.18. The van der Waals surface area contributed by atoms with Crippen LogP contribution >= 0.6 is 0 Å². The van der Waals surface area contributed by atoms with Gasteiger partial charge < -0.3 is 5.32 Å². The normalized spacial score (nSPS) is 13.3. The summed E-state index contributed by atoms with van der Waals surface area (Å²) in [4.78, 5) is 16.3. The monoisotopic (exact) mass is 281 g/mol. The lowest BCUT2D eigenvalue weighted by atomic mass is 10.1. The van der Waals surface area contributed by atoms with Crippen molar-refractivity contribution in [2.24, 2.45) is 0 Å². The number of nitriles is 1. The van der Waals surface area contributed by atoms with E-state index in [9.17, 15) is 4.79 Å². The molecule has 0 bridgehead atoms. The molecular formula is C15H15N5O. The number of pyridine rings is 1. The van der Waals surface area contributed by atoms with Gasteiger partial charge in [-0.3, -0.25) is 9.48 Å². The number of nitrogens with zero attached hydrogens (tertiary/aromatic N) is 4. The number of nitrogens with one attached hydrogen (secondary N) is 1. The zero-order valence-corrected chi connectivity index (χ0v) is 11.8. The minimum absolute atomic E-state index is 0.289. The fourth-order valence-electron chi connectivity index (χ4n) is 2.47. The first-order valence-electron chi connectivity index (χ1n) is 6.93. The second-order valence-corrected chi connectivity index (χ2v) is 5.10. The van der Waals surface area contributed by atoms with Crippen molar-refractivity contribution in [1.29, 1.82) is 5.26 Å². The smallest absolute Gasteiger partial charge is 0.275 e. The molecule has 3 heterocycles. The third-order valence-corrected chi connectivity index (χ3v) is 3.60. The maximum Gasteiger partial charge on any atom is 0.275 e. The Bertz CT molecular complexity index is 718. The first kappa shape index (κ1) is 13.3. The predicted octanol–water partition coefficient (Wildman–Crippen LogP) is 2.05. The van der Waals surface area contributed by atoms with Crippen LogP contribution in [0.3, 0.4) is 0 Å². The van der Waals surface area contributed by atoms with Crippen LogP contribution in [0.4, 0.5) is 5.82 Å². The van der Waals surface area contributed by atoms with Crippen molar-refractivity contribution < 1.29 is 4.79 Å². The van der Waals surface area contributed by atoms with E-state index in [-0.39, 0.29) is 11.6 Å². The van der Waals surface area contributed by atoms with Crippen LogP contribution in [-0.2, 0) is 13.0 Å². The number of anilines is 1. The Kier molecular flexibility index (Phi) is 3.40. The molecule has 2 aromatic rings. The molecule has 6 nitrogen and oxygen atoms in total. The van der Waals surface area contributed by atoms with E-state index in [0.29, 0.717) is 17.1 Å². The lowest BCUT2D eigenvalue weighted by molar-refractivity contribution is 0.102. The number of rotatable bonds is 2. The number of aryl methyl sites for hydroxylation is 3. The number of aromatic nitrogens is 3. The van der Waals surface area contributed by atoms with Crippen LogP contribution < -0.4 is 5.32 Å². The third kappa shape index (κ3) is 2.63. The Morgan fingerprint density at radius 2 is 2.29 bits per heavy atom. The van der Waals surface area contributed by atoms with E-state index in [1.54, 1.807) is 19.1 Å². The van der Waals surface area contributed by atoms with Gasteiger partial charge in [-0.25, -0.2) is 4.98 Å². The average molecular weight is 281 g/mol. The van der Waals surface area contributed by atoms with Gasteiger partial charge in [-0.15, -0.1) is 0 Å². The lowest BCUT2D eigenvalue weighted by Gasteiger charge is -2.11. The molecule has 0 saturated heterocycles. The van der Waals surface area contributed by atoms with Crippen molar-refractivity contribution in [3.63, 3.8) is 0 Å². The molecule has 1 amide bonds. The molecule has 0 aromatic carbocycles. The Hall–Kier alpha value is -2.68. The molecule has 0 fully saturated rings. The molecule has 0 saturated carbocycles. The predicted molar refractivity (Wildman–Crippen MR) is 76.8 cm³/mol. The Labute approximate surface area is 122 Å². The Balaban J connectivity index is 1.78. The fourth-order valence-corrected chi connectivity index (χ4v) is 2.47. The van der Waals surface area contributed by atoms with Crippen molar-refractivity contribution in [3.05, 3.63) is 40.8 Å². The fraction of sp³-hybridized carbons (Fsp3) is 0.333. The standard InChI is InChI=1S/C15H15N5O/c1-10-11(9-16)5-6-13(17-10)15(21)18-14-8-12-4-2-3-7-20(12)19-14/h5-6,8H,2-4,7H2,1H3,(H,18,19,21). The van der Waals surface area contributed by atoms with Gasteiger partial charge in [0, 0.05) is 18.3 Å². The number of hydrogen-bond donors (Lipinski definition) is 1. The topological polar surface area (TPSA) is 83.6 Å². The van der Waals surface area contributed by atoms with Crippen LogP contribution in [0.25, 0.3) is 0 Å². The summed E-state index contributed by atoms with van der Waals surface area (Å²) >= 11 is 0. The van der Waals surface area contributed by atoms with Crippen LogP contribution in [0.1, 0.15) is 40.3 Å². The highest BCUT2D eigenvalue weighted by atomic mass is 16.2. The van der Waals surface area contributed by atoms with Crippen LogP contribution in [0.15, 0.2) is 18.2 Å². The Morgan fingerprint density at radius 3 is 3.00 bits per heavy atom. The van der Waals surface area contributed by atoms with Crippen LogP contribution in [0, 0.1) is 18.3 Å². The molecule has 1 N–H and O–H groups in total. The van der Waals surface area contributed by atoms with Gasteiger partial charge in [0.2, 0.25) is 0 Å². The highest BCUT2D eigenvalue weighted by molar-refractivity contribution is 6.02. The molecule has 21 heavy (non-hydrogen) atoms. The number of carbonyl (C=O) groups excluding carboxylic acids is 1. The van der Waals surface area contributed by atoms with E-state index < -0.39 is 0 Å². The molecule has 0 aliphatic carbocycles. The molecule has 6 heteroatoms. The van der Waals surface area contributed by atoms with Crippen molar-refractivity contribution in [2.45, 2.75) is 32.7 Å². The second-order valence-electron chi connectivity index (χ2n) is 5.10. The van der Waals surface area contributed by atoms with Crippen molar-refractivity contribution in [2.75, 3.05) is 5.32 Å².